The van der Waals surface area contributed by atoms with Crippen molar-refractivity contribution in [1.29, 1.82) is 0 Å². The van der Waals surface area contributed by atoms with Gasteiger partial charge in [0.05, 0.1) is 19.9 Å². The Kier molecular flexibility index (Phi) is 4.44. The van der Waals surface area contributed by atoms with Crippen LogP contribution in [0.25, 0.3) is 0 Å². The minimum Gasteiger partial charge on any atom is -0.497 e. The summed E-state index contributed by atoms with van der Waals surface area (Å²) in [5, 5.41) is 2.69. The highest BCUT2D eigenvalue weighted by atomic mass is 16.5. The molecule has 1 amide bonds. The summed E-state index contributed by atoms with van der Waals surface area (Å²) in [6.45, 7) is 0.774. The van der Waals surface area contributed by atoms with E-state index in [0.717, 1.165) is 5.75 Å². The molecule has 0 radical (unpaired) electrons. The van der Waals surface area contributed by atoms with Gasteiger partial charge in [0, 0.05) is 6.07 Å². The monoisotopic (exact) mass is 261 g/mol. The van der Waals surface area contributed by atoms with Crippen LogP contribution in [0.4, 0.5) is 0 Å². The number of benzene rings is 1. The molecule has 0 saturated heterocycles. The largest absolute Gasteiger partial charge is 0.497 e. The Balaban J connectivity index is 1.73. The maximum Gasteiger partial charge on any atom is 0.287 e. The summed E-state index contributed by atoms with van der Waals surface area (Å²) in [4.78, 5) is 11.5. The zero-order valence-electron chi connectivity index (χ0n) is 10.6. The van der Waals surface area contributed by atoms with Gasteiger partial charge in [0.25, 0.3) is 5.91 Å². The zero-order valence-corrected chi connectivity index (χ0v) is 10.6. The van der Waals surface area contributed by atoms with Crippen molar-refractivity contribution in [2.45, 2.75) is 0 Å². The number of methoxy groups -OCH3 is 1. The number of hydrogen-bond acceptors (Lipinski definition) is 4. The van der Waals surface area contributed by atoms with Gasteiger partial charge in [-0.05, 0) is 24.3 Å². The Morgan fingerprint density at radius 2 is 2.11 bits per heavy atom. The molecule has 0 atom stereocenters. The van der Waals surface area contributed by atoms with Crippen molar-refractivity contribution < 1.29 is 18.7 Å². The minimum absolute atomic E-state index is 0.251. The second kappa shape index (κ2) is 6.49. The van der Waals surface area contributed by atoms with E-state index in [4.69, 9.17) is 13.9 Å². The summed E-state index contributed by atoms with van der Waals surface area (Å²) in [6, 6.07) is 10.6. The molecule has 0 saturated carbocycles. The number of rotatable bonds is 6. The standard InChI is InChI=1S/C14H15NO4/c1-17-11-4-2-5-12(10-11)18-9-7-15-14(16)13-6-3-8-19-13/h2-6,8,10H,7,9H2,1H3,(H,15,16). The second-order valence-corrected chi connectivity index (χ2v) is 3.76. The van der Waals surface area contributed by atoms with Crippen molar-refractivity contribution in [2.24, 2.45) is 0 Å². The maximum absolute atomic E-state index is 11.5. The summed E-state index contributed by atoms with van der Waals surface area (Å²) in [6.07, 6.45) is 1.46. The van der Waals surface area contributed by atoms with E-state index in [0.29, 0.717) is 24.7 Å². The molecule has 5 nitrogen and oxygen atoms in total. The van der Waals surface area contributed by atoms with Crippen LogP contribution >= 0.6 is 0 Å². The van der Waals surface area contributed by atoms with Gasteiger partial charge in [-0.1, -0.05) is 6.07 Å². The first-order valence-electron chi connectivity index (χ1n) is 5.88. The molecule has 0 aliphatic rings. The molecule has 1 heterocycles. The molecule has 2 aromatic rings. The van der Waals surface area contributed by atoms with Crippen LogP contribution < -0.4 is 14.8 Å². The molecule has 5 heteroatoms. The van der Waals surface area contributed by atoms with E-state index in [1.165, 1.54) is 6.26 Å². The van der Waals surface area contributed by atoms with Gasteiger partial charge in [-0.25, -0.2) is 0 Å². The van der Waals surface area contributed by atoms with E-state index < -0.39 is 0 Å². The molecule has 0 spiro atoms. The molecule has 0 unspecified atom stereocenters. The topological polar surface area (TPSA) is 60.7 Å². The number of hydrogen-bond donors (Lipinski definition) is 1. The minimum atomic E-state index is -0.251. The predicted octanol–water partition coefficient (Wildman–Crippen LogP) is 2.10. The van der Waals surface area contributed by atoms with Gasteiger partial charge >= 0.3 is 0 Å². The molecule has 0 fully saturated rings. The molecule has 0 bridgehead atoms. The van der Waals surface area contributed by atoms with Crippen molar-refractivity contribution in [3.63, 3.8) is 0 Å². The van der Waals surface area contributed by atoms with Gasteiger partial charge in [-0.2, -0.15) is 0 Å². The SMILES string of the molecule is COc1cccc(OCCNC(=O)c2ccco2)c1. The lowest BCUT2D eigenvalue weighted by Crippen LogP contribution is -2.27. The fourth-order valence-corrected chi connectivity index (χ4v) is 1.52. The van der Waals surface area contributed by atoms with Crippen LogP contribution in [-0.4, -0.2) is 26.2 Å². The van der Waals surface area contributed by atoms with Gasteiger partial charge in [0.2, 0.25) is 0 Å². The first-order chi connectivity index (χ1) is 9.29. The molecule has 1 aromatic carbocycles. The van der Waals surface area contributed by atoms with E-state index in [-0.39, 0.29) is 5.91 Å². The first-order valence-corrected chi connectivity index (χ1v) is 5.88. The predicted molar refractivity (Wildman–Crippen MR) is 69.5 cm³/mol. The van der Waals surface area contributed by atoms with Gasteiger partial charge in [0.1, 0.15) is 18.1 Å². The van der Waals surface area contributed by atoms with E-state index in [1.807, 2.05) is 18.2 Å². The lowest BCUT2D eigenvalue weighted by molar-refractivity contribution is 0.0919. The third-order valence-electron chi connectivity index (χ3n) is 2.44. The summed E-state index contributed by atoms with van der Waals surface area (Å²) >= 11 is 0. The zero-order chi connectivity index (χ0) is 13.5. The number of nitrogens with one attached hydrogen (secondary N) is 1. The highest BCUT2D eigenvalue weighted by Gasteiger charge is 2.06. The fraction of sp³-hybridized carbons (Fsp3) is 0.214. The van der Waals surface area contributed by atoms with Gasteiger partial charge in [-0.3, -0.25) is 4.79 Å². The van der Waals surface area contributed by atoms with Crippen molar-refractivity contribution in [2.75, 3.05) is 20.3 Å². The Hall–Kier alpha value is -2.43. The number of carbonyl (C=O) groups excluding carboxylic acids is 1. The third-order valence-corrected chi connectivity index (χ3v) is 2.44. The van der Waals surface area contributed by atoms with E-state index in [9.17, 15) is 4.79 Å². The molecular weight excluding hydrogens is 246 g/mol. The van der Waals surface area contributed by atoms with Crippen LogP contribution in [0.15, 0.2) is 47.1 Å². The smallest absolute Gasteiger partial charge is 0.287 e. The van der Waals surface area contributed by atoms with E-state index in [2.05, 4.69) is 5.32 Å². The molecule has 19 heavy (non-hydrogen) atoms. The number of amides is 1. The summed E-state index contributed by atoms with van der Waals surface area (Å²) in [5.41, 5.74) is 0. The molecule has 2 rings (SSSR count). The van der Waals surface area contributed by atoms with Crippen LogP contribution in [0, 0.1) is 0 Å². The number of furan rings is 1. The average molecular weight is 261 g/mol. The van der Waals surface area contributed by atoms with Crippen molar-refractivity contribution in [1.82, 2.24) is 5.32 Å². The summed E-state index contributed by atoms with van der Waals surface area (Å²) in [7, 11) is 1.60. The van der Waals surface area contributed by atoms with E-state index >= 15 is 0 Å². The molecule has 100 valence electrons. The van der Waals surface area contributed by atoms with Crippen LogP contribution in [0.3, 0.4) is 0 Å². The first kappa shape index (κ1) is 13.0. The van der Waals surface area contributed by atoms with Gasteiger partial charge in [0.15, 0.2) is 5.76 Å². The van der Waals surface area contributed by atoms with Crippen molar-refractivity contribution in [3.8, 4) is 11.5 Å². The molecule has 1 N–H and O–H groups in total. The lowest BCUT2D eigenvalue weighted by Gasteiger charge is -2.08. The van der Waals surface area contributed by atoms with Crippen molar-refractivity contribution in [3.05, 3.63) is 48.4 Å². The molecule has 1 aromatic heterocycles. The molecule has 0 aliphatic heterocycles. The van der Waals surface area contributed by atoms with Crippen LogP contribution in [-0.2, 0) is 0 Å². The molecule has 0 aliphatic carbocycles. The highest BCUT2D eigenvalue weighted by molar-refractivity contribution is 5.91. The van der Waals surface area contributed by atoms with E-state index in [1.54, 1.807) is 25.3 Å². The number of carbonyl (C=O) groups is 1. The van der Waals surface area contributed by atoms with Crippen molar-refractivity contribution >= 4 is 5.91 Å². The van der Waals surface area contributed by atoms with Crippen LogP contribution in [0.1, 0.15) is 10.6 Å². The van der Waals surface area contributed by atoms with Crippen LogP contribution in [0.2, 0.25) is 0 Å². The normalized spacial score (nSPS) is 9.95. The summed E-state index contributed by atoms with van der Waals surface area (Å²) in [5.74, 6) is 1.48. The highest BCUT2D eigenvalue weighted by Crippen LogP contribution is 2.18. The lowest BCUT2D eigenvalue weighted by atomic mass is 10.3. The molecular formula is C14H15NO4. The maximum atomic E-state index is 11.5. The quantitative estimate of drug-likeness (QED) is 0.809. The second-order valence-electron chi connectivity index (χ2n) is 3.76. The summed E-state index contributed by atoms with van der Waals surface area (Å²) < 4.78 is 15.5. The van der Waals surface area contributed by atoms with Crippen LogP contribution in [0.5, 0.6) is 11.5 Å². The fourth-order valence-electron chi connectivity index (χ4n) is 1.52. The number of ether oxygens (including phenoxy) is 2. The van der Waals surface area contributed by atoms with Gasteiger partial charge in [-0.15, -0.1) is 0 Å². The Morgan fingerprint density at radius 1 is 1.26 bits per heavy atom. The van der Waals surface area contributed by atoms with Gasteiger partial charge < -0.3 is 19.2 Å². The Labute approximate surface area is 111 Å². The average Bonchev–Trinajstić information content (AvgIpc) is 2.98. The third kappa shape index (κ3) is 3.77. The Morgan fingerprint density at radius 3 is 2.84 bits per heavy atom. The Bertz CT molecular complexity index is 522.